The molecule has 0 unspecified atom stereocenters. The average Bonchev–Trinajstić information content (AvgIpc) is 2.16. The van der Waals surface area contributed by atoms with Crippen molar-refractivity contribution < 1.29 is 0 Å². The molecule has 0 amide bonds. The Labute approximate surface area is 73.4 Å². The third kappa shape index (κ3) is 1.14. The molecule has 1 heterocycles. The summed E-state index contributed by atoms with van der Waals surface area (Å²) in [7, 11) is 0. The van der Waals surface area contributed by atoms with E-state index in [1.54, 1.807) is 5.57 Å². The van der Waals surface area contributed by atoms with Gasteiger partial charge in [0.25, 0.3) is 0 Å². The van der Waals surface area contributed by atoms with Crippen LogP contribution in [-0.4, -0.2) is 10.00 Å². The van der Waals surface area contributed by atoms with Crippen molar-refractivity contribution in [1.82, 2.24) is 0 Å². The summed E-state index contributed by atoms with van der Waals surface area (Å²) in [6.45, 7) is 7.08. The number of thioether (sulfide) groups is 1. The molecule has 2 rings (SSSR count). The first-order valence-electron chi connectivity index (χ1n) is 4.44. The average molecular weight is 168 g/mol. The lowest BCUT2D eigenvalue weighted by molar-refractivity contribution is 0.419. The molecule has 0 N–H and O–H groups in total. The minimum absolute atomic E-state index is 0.541. The van der Waals surface area contributed by atoms with Gasteiger partial charge in [-0.3, -0.25) is 0 Å². The topological polar surface area (TPSA) is 0 Å². The smallest absolute Gasteiger partial charge is 0.0262 e. The van der Waals surface area contributed by atoms with Crippen LogP contribution in [0.25, 0.3) is 0 Å². The second kappa shape index (κ2) is 2.29. The monoisotopic (exact) mass is 168 g/mol. The summed E-state index contributed by atoms with van der Waals surface area (Å²) in [5.74, 6) is 0.946. The number of fused-ring (bicyclic) bond motifs is 2. The minimum atomic E-state index is 0.541. The Morgan fingerprint density at radius 2 is 2.27 bits per heavy atom. The van der Waals surface area contributed by atoms with Crippen LogP contribution in [0.4, 0.5) is 0 Å². The number of rotatable bonds is 0. The molecule has 1 heteroatoms. The first-order chi connectivity index (χ1) is 5.09. The minimum Gasteiger partial charge on any atom is -0.148 e. The van der Waals surface area contributed by atoms with Crippen molar-refractivity contribution in [3.63, 3.8) is 0 Å². The molecule has 0 aromatic rings. The molecule has 0 radical (unpaired) electrons. The van der Waals surface area contributed by atoms with Crippen LogP contribution < -0.4 is 0 Å². The van der Waals surface area contributed by atoms with Crippen molar-refractivity contribution in [1.29, 1.82) is 0 Å². The summed E-state index contributed by atoms with van der Waals surface area (Å²) in [5, 5.41) is 0.851. The van der Waals surface area contributed by atoms with Crippen molar-refractivity contribution in [2.24, 2.45) is 5.92 Å². The highest BCUT2D eigenvalue weighted by Gasteiger charge is 2.42. The fourth-order valence-electron chi connectivity index (χ4n) is 2.17. The van der Waals surface area contributed by atoms with E-state index < -0.39 is 0 Å². The predicted molar refractivity (Wildman–Crippen MR) is 51.9 cm³/mol. The molecule has 0 aromatic heterocycles. The van der Waals surface area contributed by atoms with Crippen molar-refractivity contribution >= 4 is 11.8 Å². The Kier molecular flexibility index (Phi) is 1.61. The number of allylic oxidation sites excluding steroid dienone is 1. The Bertz CT molecular complexity index is 203. The molecule has 2 atom stereocenters. The highest BCUT2D eigenvalue weighted by Crippen LogP contribution is 2.53. The van der Waals surface area contributed by atoms with Gasteiger partial charge in [0, 0.05) is 10.00 Å². The van der Waals surface area contributed by atoms with Gasteiger partial charge in [-0.1, -0.05) is 25.5 Å². The molecule has 1 saturated heterocycles. The third-order valence-electron chi connectivity index (χ3n) is 3.16. The fourth-order valence-corrected chi connectivity index (χ4v) is 3.90. The van der Waals surface area contributed by atoms with Gasteiger partial charge in [0.2, 0.25) is 0 Å². The maximum Gasteiger partial charge on any atom is 0.0262 e. The summed E-state index contributed by atoms with van der Waals surface area (Å²) in [6, 6.07) is 0. The van der Waals surface area contributed by atoms with Gasteiger partial charge >= 0.3 is 0 Å². The van der Waals surface area contributed by atoms with Gasteiger partial charge in [0.1, 0.15) is 0 Å². The van der Waals surface area contributed by atoms with E-state index in [1.165, 1.54) is 12.8 Å². The second-order valence-electron chi connectivity index (χ2n) is 4.33. The summed E-state index contributed by atoms with van der Waals surface area (Å²) in [5.41, 5.74) is 1.62. The molecule has 0 saturated carbocycles. The molecule has 2 bridgehead atoms. The highest BCUT2D eigenvalue weighted by molar-refractivity contribution is 8.01. The van der Waals surface area contributed by atoms with Gasteiger partial charge in [-0.2, -0.15) is 0 Å². The Hall–Kier alpha value is 0.0900. The van der Waals surface area contributed by atoms with E-state index >= 15 is 0 Å². The lowest BCUT2D eigenvalue weighted by Crippen LogP contribution is -2.21. The molecule has 1 aliphatic heterocycles. The maximum absolute atomic E-state index is 2.45. The Balaban J connectivity index is 2.25. The van der Waals surface area contributed by atoms with Gasteiger partial charge < -0.3 is 0 Å². The van der Waals surface area contributed by atoms with E-state index in [9.17, 15) is 0 Å². The van der Waals surface area contributed by atoms with Gasteiger partial charge in [-0.25, -0.2) is 0 Å². The molecule has 2 aliphatic rings. The van der Waals surface area contributed by atoms with Crippen molar-refractivity contribution in [2.75, 3.05) is 0 Å². The first kappa shape index (κ1) is 7.72. The van der Waals surface area contributed by atoms with Gasteiger partial charge in [-0.15, -0.1) is 11.8 Å². The zero-order chi connectivity index (χ0) is 8.06. The van der Waals surface area contributed by atoms with E-state index in [4.69, 9.17) is 0 Å². The van der Waals surface area contributed by atoms with Crippen molar-refractivity contribution in [3.05, 3.63) is 11.6 Å². The van der Waals surface area contributed by atoms with Crippen LogP contribution in [0.1, 0.15) is 33.6 Å². The Morgan fingerprint density at radius 1 is 1.55 bits per heavy atom. The van der Waals surface area contributed by atoms with E-state index in [1.807, 2.05) is 0 Å². The van der Waals surface area contributed by atoms with Crippen LogP contribution >= 0.6 is 11.8 Å². The largest absolute Gasteiger partial charge is 0.148 e. The normalized spacial score (nSPS) is 40.5. The number of hydrogen-bond acceptors (Lipinski definition) is 1. The summed E-state index contributed by atoms with van der Waals surface area (Å²) < 4.78 is 0.541. The van der Waals surface area contributed by atoms with Crippen LogP contribution in [0.5, 0.6) is 0 Å². The first-order valence-corrected chi connectivity index (χ1v) is 5.32. The van der Waals surface area contributed by atoms with Crippen LogP contribution in [0.2, 0.25) is 0 Å². The molecule has 1 aliphatic carbocycles. The molecular formula is C10H16S. The molecule has 62 valence electrons. The number of hydrogen-bond donors (Lipinski definition) is 0. The predicted octanol–water partition coefficient (Wildman–Crippen LogP) is 3.24. The Morgan fingerprint density at radius 3 is 2.91 bits per heavy atom. The standard InChI is InChI=1S/C10H16S/c1-7-4-5-8-6-9(7)11-10(8,2)3/h4,8-9H,5-6H2,1-3H3/t8-,9-/m1/s1. The molecule has 0 spiro atoms. The van der Waals surface area contributed by atoms with Crippen molar-refractivity contribution in [3.8, 4) is 0 Å². The van der Waals surface area contributed by atoms with E-state index in [2.05, 4.69) is 38.6 Å². The molecule has 0 nitrogen and oxygen atoms in total. The second-order valence-corrected chi connectivity index (χ2v) is 6.18. The highest BCUT2D eigenvalue weighted by atomic mass is 32.2. The molecule has 0 aromatic carbocycles. The fraction of sp³-hybridized carbons (Fsp3) is 0.800. The maximum atomic E-state index is 2.45. The van der Waals surface area contributed by atoms with Crippen LogP contribution in [0.3, 0.4) is 0 Å². The van der Waals surface area contributed by atoms with E-state index in [-0.39, 0.29) is 0 Å². The SMILES string of the molecule is CC1=CC[C@@H]2C[C@H]1SC2(C)C. The molecule has 1 fully saturated rings. The van der Waals surface area contributed by atoms with Gasteiger partial charge in [0.15, 0.2) is 0 Å². The summed E-state index contributed by atoms with van der Waals surface area (Å²) >= 11 is 2.18. The molecular weight excluding hydrogens is 152 g/mol. The quantitative estimate of drug-likeness (QED) is 0.500. The summed E-state index contributed by atoms with van der Waals surface area (Å²) in [6.07, 6.45) is 5.20. The molecule has 11 heavy (non-hydrogen) atoms. The van der Waals surface area contributed by atoms with Crippen LogP contribution in [-0.2, 0) is 0 Å². The summed E-state index contributed by atoms with van der Waals surface area (Å²) in [4.78, 5) is 0. The van der Waals surface area contributed by atoms with Crippen LogP contribution in [0.15, 0.2) is 11.6 Å². The van der Waals surface area contributed by atoms with Gasteiger partial charge in [-0.05, 0) is 25.7 Å². The van der Waals surface area contributed by atoms with E-state index in [0.29, 0.717) is 4.75 Å². The van der Waals surface area contributed by atoms with E-state index in [0.717, 1.165) is 11.2 Å². The zero-order valence-electron chi connectivity index (χ0n) is 7.55. The van der Waals surface area contributed by atoms with Gasteiger partial charge in [0.05, 0.1) is 0 Å². The lowest BCUT2D eigenvalue weighted by atomic mass is 9.83. The lowest BCUT2D eigenvalue weighted by Gasteiger charge is -2.24. The zero-order valence-corrected chi connectivity index (χ0v) is 8.37. The van der Waals surface area contributed by atoms with Crippen LogP contribution in [0, 0.1) is 5.92 Å². The third-order valence-corrected chi connectivity index (χ3v) is 4.95. The van der Waals surface area contributed by atoms with Crippen molar-refractivity contribution in [2.45, 2.75) is 43.6 Å².